The van der Waals surface area contributed by atoms with Gasteiger partial charge < -0.3 is 22.2 Å². The molecule has 0 radical (unpaired) electrons. The second kappa shape index (κ2) is 2.60. The van der Waals surface area contributed by atoms with Crippen molar-refractivity contribution in [1.82, 2.24) is 15.0 Å². The van der Waals surface area contributed by atoms with E-state index in [1.165, 1.54) is 0 Å². The number of nitrogens with one attached hydrogen (secondary N) is 1. The van der Waals surface area contributed by atoms with Crippen LogP contribution >= 0.6 is 0 Å². The van der Waals surface area contributed by atoms with Crippen molar-refractivity contribution in [3.05, 3.63) is 11.8 Å². The first kappa shape index (κ1) is 7.81. The van der Waals surface area contributed by atoms with Crippen molar-refractivity contribution in [3.8, 4) is 0 Å². The monoisotopic (exact) mass is 179 g/mol. The van der Waals surface area contributed by atoms with Crippen LogP contribution < -0.4 is 17.2 Å². The highest BCUT2D eigenvalue weighted by molar-refractivity contribution is 5.90. The standard InChI is InChI=1S/C7H10N6/c8-1-3-2-11-6-4(3)5(9)12-7(10)13-6/h2H,1,8H2,(H5,9,10,11,12,13)/p+1. The lowest BCUT2D eigenvalue weighted by molar-refractivity contribution is -0.386. The van der Waals surface area contributed by atoms with Crippen molar-refractivity contribution in [1.29, 1.82) is 0 Å². The van der Waals surface area contributed by atoms with Crippen LogP contribution in [-0.4, -0.2) is 15.0 Å². The van der Waals surface area contributed by atoms with Gasteiger partial charge in [0, 0.05) is 11.8 Å². The van der Waals surface area contributed by atoms with Crippen molar-refractivity contribution in [3.63, 3.8) is 0 Å². The average molecular weight is 179 g/mol. The molecule has 0 aliphatic carbocycles. The van der Waals surface area contributed by atoms with E-state index in [-0.39, 0.29) is 5.95 Å². The first-order valence-electron chi connectivity index (χ1n) is 3.90. The van der Waals surface area contributed by atoms with E-state index in [9.17, 15) is 0 Å². The Morgan fingerprint density at radius 1 is 1.38 bits per heavy atom. The highest BCUT2D eigenvalue weighted by atomic mass is 15.1. The number of aromatic amines is 1. The average Bonchev–Trinajstić information content (AvgIpc) is 2.47. The van der Waals surface area contributed by atoms with Crippen LogP contribution in [0, 0.1) is 0 Å². The maximum absolute atomic E-state index is 5.70. The maximum Gasteiger partial charge on any atom is 0.223 e. The molecule has 0 atom stereocenters. The zero-order chi connectivity index (χ0) is 9.42. The van der Waals surface area contributed by atoms with Gasteiger partial charge in [-0.1, -0.05) is 0 Å². The van der Waals surface area contributed by atoms with E-state index in [1.54, 1.807) is 0 Å². The first-order chi connectivity index (χ1) is 6.22. The third kappa shape index (κ3) is 1.07. The van der Waals surface area contributed by atoms with E-state index in [1.807, 2.05) is 6.20 Å². The minimum Gasteiger partial charge on any atom is -0.383 e. The van der Waals surface area contributed by atoms with Gasteiger partial charge in [-0.25, -0.2) is 0 Å². The molecule has 0 fully saturated rings. The number of nitrogen functional groups attached to an aromatic ring is 2. The van der Waals surface area contributed by atoms with Gasteiger partial charge in [0.05, 0.1) is 5.39 Å². The molecular formula is C7H11N6+. The fraction of sp³-hybridized carbons (Fsp3) is 0.143. The van der Waals surface area contributed by atoms with Crippen LogP contribution in [0.3, 0.4) is 0 Å². The fourth-order valence-corrected chi connectivity index (χ4v) is 1.34. The summed E-state index contributed by atoms with van der Waals surface area (Å²) in [6.07, 6.45) is 1.82. The molecule has 0 unspecified atom stereocenters. The molecule has 0 aliphatic heterocycles. The number of aromatic nitrogens is 3. The van der Waals surface area contributed by atoms with E-state index in [2.05, 4.69) is 20.7 Å². The van der Waals surface area contributed by atoms with Crippen LogP contribution in [0.2, 0.25) is 0 Å². The summed E-state index contributed by atoms with van der Waals surface area (Å²) in [5.41, 5.74) is 16.6. The summed E-state index contributed by atoms with van der Waals surface area (Å²) < 4.78 is 0. The smallest absolute Gasteiger partial charge is 0.223 e. The van der Waals surface area contributed by atoms with Gasteiger partial charge in [0.1, 0.15) is 18.0 Å². The maximum atomic E-state index is 5.70. The van der Waals surface area contributed by atoms with Gasteiger partial charge >= 0.3 is 0 Å². The highest BCUT2D eigenvalue weighted by Gasteiger charge is 2.09. The third-order valence-corrected chi connectivity index (χ3v) is 1.93. The van der Waals surface area contributed by atoms with E-state index < -0.39 is 0 Å². The molecule has 68 valence electrons. The van der Waals surface area contributed by atoms with E-state index in [4.69, 9.17) is 11.5 Å². The van der Waals surface area contributed by atoms with Crippen LogP contribution in [0.1, 0.15) is 5.56 Å². The number of anilines is 2. The Morgan fingerprint density at radius 3 is 2.85 bits per heavy atom. The second-order valence-electron chi connectivity index (χ2n) is 2.75. The number of H-pyrrole nitrogens is 1. The van der Waals surface area contributed by atoms with Crippen LogP contribution in [0.4, 0.5) is 11.8 Å². The summed E-state index contributed by atoms with van der Waals surface area (Å²) in [6, 6.07) is 0. The van der Waals surface area contributed by atoms with E-state index in [0.29, 0.717) is 18.0 Å². The predicted octanol–water partition coefficient (Wildman–Crippen LogP) is -1.14. The Bertz CT molecular complexity index is 445. The zero-order valence-electron chi connectivity index (χ0n) is 7.04. The number of nitrogens with zero attached hydrogens (tertiary/aromatic N) is 2. The molecule has 2 aromatic rings. The van der Waals surface area contributed by atoms with Gasteiger partial charge in [0.15, 0.2) is 0 Å². The number of quaternary nitrogens is 1. The van der Waals surface area contributed by atoms with E-state index in [0.717, 1.165) is 10.9 Å². The van der Waals surface area contributed by atoms with Gasteiger partial charge in [0.2, 0.25) is 5.95 Å². The molecule has 6 heteroatoms. The molecule has 0 aromatic carbocycles. The normalized spacial score (nSPS) is 10.8. The molecule has 2 heterocycles. The van der Waals surface area contributed by atoms with Crippen LogP contribution in [0.25, 0.3) is 11.0 Å². The molecule has 0 saturated carbocycles. The molecule has 13 heavy (non-hydrogen) atoms. The van der Waals surface area contributed by atoms with Crippen molar-refractivity contribution < 1.29 is 5.73 Å². The van der Waals surface area contributed by atoms with Crippen molar-refractivity contribution in [2.75, 3.05) is 11.5 Å². The molecule has 0 amide bonds. The van der Waals surface area contributed by atoms with Crippen molar-refractivity contribution in [2.45, 2.75) is 6.54 Å². The van der Waals surface area contributed by atoms with Crippen LogP contribution in [0.5, 0.6) is 0 Å². The SMILES string of the molecule is Nc1nc(N)c2c(C[NH3+])c[nH]c2n1. The molecule has 0 bridgehead atoms. The van der Waals surface area contributed by atoms with Gasteiger partial charge in [-0.05, 0) is 0 Å². The van der Waals surface area contributed by atoms with Gasteiger partial charge in [-0.15, -0.1) is 0 Å². The second-order valence-corrected chi connectivity index (χ2v) is 2.75. The minimum atomic E-state index is 0.183. The topological polar surface area (TPSA) is 121 Å². The fourth-order valence-electron chi connectivity index (χ4n) is 1.34. The summed E-state index contributed by atoms with van der Waals surface area (Å²) in [4.78, 5) is 10.9. The molecule has 8 N–H and O–H groups in total. The lowest BCUT2D eigenvalue weighted by atomic mass is 10.2. The highest BCUT2D eigenvalue weighted by Crippen LogP contribution is 2.21. The van der Waals surface area contributed by atoms with Gasteiger partial charge in [-0.3, -0.25) is 0 Å². The Kier molecular flexibility index (Phi) is 1.56. The Morgan fingerprint density at radius 2 is 2.15 bits per heavy atom. The quantitative estimate of drug-likeness (QED) is 0.442. The van der Waals surface area contributed by atoms with Gasteiger partial charge in [-0.2, -0.15) is 9.97 Å². The number of fused-ring (bicyclic) bond motifs is 1. The van der Waals surface area contributed by atoms with Crippen LogP contribution in [-0.2, 0) is 6.54 Å². The Labute approximate surface area is 74.1 Å². The number of hydrogen-bond acceptors (Lipinski definition) is 4. The lowest BCUT2D eigenvalue weighted by Gasteiger charge is -1.98. The van der Waals surface area contributed by atoms with Crippen LogP contribution in [0.15, 0.2) is 6.20 Å². The molecule has 0 spiro atoms. The summed E-state index contributed by atoms with van der Waals surface area (Å²) >= 11 is 0. The van der Waals surface area contributed by atoms with Crippen molar-refractivity contribution >= 4 is 22.8 Å². The number of nitrogens with two attached hydrogens (primary N) is 2. The molecular weight excluding hydrogens is 168 g/mol. The predicted molar refractivity (Wildman–Crippen MR) is 49.3 cm³/mol. The lowest BCUT2D eigenvalue weighted by Crippen LogP contribution is -2.47. The third-order valence-electron chi connectivity index (χ3n) is 1.93. The van der Waals surface area contributed by atoms with Crippen molar-refractivity contribution in [2.24, 2.45) is 0 Å². The summed E-state index contributed by atoms with van der Waals surface area (Å²) in [5.74, 6) is 0.588. The molecule has 6 nitrogen and oxygen atoms in total. The molecule has 0 aliphatic rings. The Hall–Kier alpha value is -1.82. The largest absolute Gasteiger partial charge is 0.383 e. The minimum absolute atomic E-state index is 0.183. The summed E-state index contributed by atoms with van der Waals surface area (Å²) in [6.45, 7) is 0.650. The summed E-state index contributed by atoms with van der Waals surface area (Å²) in [7, 11) is 0. The number of hydrogen-bond donors (Lipinski definition) is 4. The first-order valence-corrected chi connectivity index (χ1v) is 3.90. The summed E-state index contributed by atoms with van der Waals surface area (Å²) in [5, 5.41) is 0.823. The Balaban J connectivity index is 2.82. The number of rotatable bonds is 1. The zero-order valence-corrected chi connectivity index (χ0v) is 7.04. The molecule has 2 aromatic heterocycles. The van der Waals surface area contributed by atoms with E-state index >= 15 is 0 Å². The van der Waals surface area contributed by atoms with Gasteiger partial charge in [0.25, 0.3) is 0 Å². The molecule has 2 rings (SSSR count). The molecule has 0 saturated heterocycles.